The molecule has 1 unspecified atom stereocenters. The topological polar surface area (TPSA) is 0 Å². The van der Waals surface area contributed by atoms with Gasteiger partial charge >= 0.3 is 111 Å². The normalized spacial score (nSPS) is 19.5. The standard InChI is InChI=1S/C15H19.3ClH.Ti/c1-8-7-14-12(5)10(3)11(4)13(6)15(14)9(8)2;;;;/h7H,1-6H3;3*1H;. The molecule has 0 aliphatic heterocycles. The minimum absolute atomic E-state index is 0. The van der Waals surface area contributed by atoms with Crippen molar-refractivity contribution in [2.24, 2.45) is 0 Å². The number of benzene rings is 1. The summed E-state index contributed by atoms with van der Waals surface area (Å²) in [6.45, 7) is 13.6. The van der Waals surface area contributed by atoms with E-state index in [0.717, 1.165) is 0 Å². The predicted octanol–water partition coefficient (Wildman–Crippen LogP) is 5.36. The first kappa shape index (κ1) is 21.8. The van der Waals surface area contributed by atoms with E-state index in [1.807, 2.05) is 0 Å². The van der Waals surface area contributed by atoms with Gasteiger partial charge in [-0.25, -0.2) is 0 Å². The van der Waals surface area contributed by atoms with Crippen molar-refractivity contribution in [2.75, 3.05) is 0 Å². The SMILES string of the molecule is CC1=Cc2c(C)c(C)c(C)c(C)c2[C]1(C)[Ti].Cl.Cl.Cl. The summed E-state index contributed by atoms with van der Waals surface area (Å²) < 4.78 is 0.211. The molecule has 0 saturated carbocycles. The minimum Gasteiger partial charge on any atom is -0.147 e. The second-order valence-corrected chi connectivity index (χ2v) is 6.80. The van der Waals surface area contributed by atoms with Gasteiger partial charge in [0.1, 0.15) is 0 Å². The van der Waals surface area contributed by atoms with Crippen LogP contribution in [0.25, 0.3) is 6.08 Å². The Morgan fingerprint density at radius 3 is 1.68 bits per heavy atom. The molecule has 0 bridgehead atoms. The van der Waals surface area contributed by atoms with Gasteiger partial charge in [-0.3, -0.25) is 0 Å². The van der Waals surface area contributed by atoms with Crippen LogP contribution in [0.15, 0.2) is 5.57 Å². The Kier molecular flexibility index (Phi) is 8.05. The number of hydrogen-bond donors (Lipinski definition) is 0. The summed E-state index contributed by atoms with van der Waals surface area (Å²) in [5.41, 5.74) is 10.4. The van der Waals surface area contributed by atoms with Crippen molar-refractivity contribution in [1.82, 2.24) is 0 Å². The van der Waals surface area contributed by atoms with E-state index in [1.54, 1.807) is 5.56 Å². The summed E-state index contributed by atoms with van der Waals surface area (Å²) in [5.74, 6) is 0. The van der Waals surface area contributed by atoms with Crippen molar-refractivity contribution >= 4 is 43.3 Å². The van der Waals surface area contributed by atoms with Crippen LogP contribution in [0, 0.1) is 27.7 Å². The fraction of sp³-hybridized carbons (Fsp3) is 0.467. The van der Waals surface area contributed by atoms with Crippen molar-refractivity contribution < 1.29 is 20.4 Å². The molecule has 0 aromatic heterocycles. The summed E-state index contributed by atoms with van der Waals surface area (Å²) in [4.78, 5) is 0. The van der Waals surface area contributed by atoms with E-state index < -0.39 is 0 Å². The Hall–Kier alpha value is 0.544. The Morgan fingerprint density at radius 1 is 0.789 bits per heavy atom. The van der Waals surface area contributed by atoms with Crippen molar-refractivity contribution in [3.05, 3.63) is 39.0 Å². The molecule has 107 valence electrons. The van der Waals surface area contributed by atoms with Crippen LogP contribution < -0.4 is 0 Å². The summed E-state index contributed by atoms with van der Waals surface area (Å²) >= 11 is 2.34. The first-order valence-electron chi connectivity index (χ1n) is 5.83. The molecule has 0 saturated heterocycles. The molecule has 0 amide bonds. The molecular formula is C15H22Cl3Ti. The molecule has 1 aromatic carbocycles. The summed E-state index contributed by atoms with van der Waals surface area (Å²) in [6.07, 6.45) is 2.38. The number of halogens is 3. The summed E-state index contributed by atoms with van der Waals surface area (Å²) in [6, 6.07) is 0. The average molecular weight is 357 g/mol. The largest absolute Gasteiger partial charge is 0.147 e. The molecule has 1 aromatic rings. The smallest absolute Gasteiger partial charge is 0.147 e. The minimum atomic E-state index is 0. The molecule has 1 aliphatic rings. The molecule has 1 atom stereocenters. The molecule has 0 nitrogen and oxygen atoms in total. The van der Waals surface area contributed by atoms with Crippen molar-refractivity contribution in [2.45, 2.75) is 45.3 Å². The van der Waals surface area contributed by atoms with Crippen molar-refractivity contribution in [1.29, 1.82) is 0 Å². The molecular weight excluding hydrogens is 334 g/mol. The van der Waals surface area contributed by atoms with Crippen LogP contribution in [-0.2, 0) is 24.2 Å². The van der Waals surface area contributed by atoms with Gasteiger partial charge in [-0.2, -0.15) is 0 Å². The Labute approximate surface area is 147 Å². The Balaban J connectivity index is 0. The zero-order valence-corrected chi connectivity index (χ0v) is 16.3. The average Bonchev–Trinajstić information content (AvgIpc) is 2.45. The number of rotatable bonds is 0. The quantitative estimate of drug-likeness (QED) is 0.549. The van der Waals surface area contributed by atoms with Gasteiger partial charge in [0.25, 0.3) is 0 Å². The third-order valence-corrected chi connectivity index (χ3v) is 5.39. The fourth-order valence-corrected chi connectivity index (χ4v) is 3.34. The van der Waals surface area contributed by atoms with Gasteiger partial charge < -0.3 is 0 Å². The molecule has 0 fully saturated rings. The molecule has 0 spiro atoms. The van der Waals surface area contributed by atoms with E-state index in [2.05, 4.69) is 68.1 Å². The Morgan fingerprint density at radius 2 is 1.21 bits per heavy atom. The van der Waals surface area contributed by atoms with Crippen LogP contribution in [-0.4, -0.2) is 0 Å². The predicted molar refractivity (Wildman–Crippen MR) is 88.1 cm³/mol. The van der Waals surface area contributed by atoms with Crippen LogP contribution in [0.5, 0.6) is 0 Å². The van der Waals surface area contributed by atoms with Crippen molar-refractivity contribution in [3.63, 3.8) is 0 Å². The van der Waals surface area contributed by atoms with Crippen molar-refractivity contribution in [3.8, 4) is 0 Å². The van der Waals surface area contributed by atoms with E-state index in [4.69, 9.17) is 0 Å². The molecule has 1 aliphatic carbocycles. The third-order valence-electron chi connectivity index (χ3n) is 4.39. The second-order valence-electron chi connectivity index (χ2n) is 5.24. The summed E-state index contributed by atoms with van der Waals surface area (Å²) in [5, 5.41) is 0. The number of fused-ring (bicyclic) bond motifs is 1. The van der Waals surface area contributed by atoms with E-state index >= 15 is 0 Å². The maximum atomic E-state index is 2.38. The van der Waals surface area contributed by atoms with Crippen LogP contribution in [0.2, 0.25) is 0 Å². The first-order chi connectivity index (χ1) is 7.28. The Bertz CT molecular complexity index is 517. The molecule has 0 radical (unpaired) electrons. The molecule has 4 heteroatoms. The van der Waals surface area contributed by atoms with Gasteiger partial charge in [-0.05, 0) is 0 Å². The number of allylic oxidation sites excluding steroid dienone is 1. The van der Waals surface area contributed by atoms with E-state index in [9.17, 15) is 0 Å². The maximum Gasteiger partial charge on any atom is -0.147 e. The zero-order chi connectivity index (χ0) is 12.2. The van der Waals surface area contributed by atoms with Crippen LogP contribution in [0.4, 0.5) is 0 Å². The first-order valence-corrected chi connectivity index (χ1v) is 6.61. The van der Waals surface area contributed by atoms with E-state index in [1.165, 1.54) is 33.4 Å². The van der Waals surface area contributed by atoms with Crippen LogP contribution >= 0.6 is 37.2 Å². The maximum absolute atomic E-state index is 2.38. The summed E-state index contributed by atoms with van der Waals surface area (Å²) in [7, 11) is 0. The number of hydrogen-bond acceptors (Lipinski definition) is 0. The van der Waals surface area contributed by atoms with E-state index in [-0.39, 0.29) is 40.9 Å². The molecule has 0 heterocycles. The van der Waals surface area contributed by atoms with Crippen LogP contribution in [0.1, 0.15) is 47.2 Å². The van der Waals surface area contributed by atoms with E-state index in [0.29, 0.717) is 0 Å². The van der Waals surface area contributed by atoms with Crippen LogP contribution in [0.3, 0.4) is 0 Å². The van der Waals surface area contributed by atoms with Gasteiger partial charge in [0.05, 0.1) is 0 Å². The fourth-order valence-electron chi connectivity index (χ4n) is 2.72. The van der Waals surface area contributed by atoms with Gasteiger partial charge in [0, 0.05) is 0 Å². The molecule has 0 N–H and O–H groups in total. The van der Waals surface area contributed by atoms with Gasteiger partial charge in [-0.1, -0.05) is 0 Å². The third kappa shape index (κ3) is 3.09. The zero-order valence-electron chi connectivity index (χ0n) is 12.3. The monoisotopic (exact) mass is 355 g/mol. The van der Waals surface area contributed by atoms with Gasteiger partial charge in [0.2, 0.25) is 0 Å². The second kappa shape index (κ2) is 7.01. The van der Waals surface area contributed by atoms with Gasteiger partial charge in [0.15, 0.2) is 0 Å². The van der Waals surface area contributed by atoms with Gasteiger partial charge in [-0.15, -0.1) is 37.2 Å². The molecule has 2 rings (SSSR count). The molecule has 19 heavy (non-hydrogen) atoms.